The van der Waals surface area contributed by atoms with Crippen LogP contribution in [0.25, 0.3) is 53.2 Å². The lowest BCUT2D eigenvalue weighted by Crippen LogP contribution is -2.74. The fraction of sp³-hybridized carbons (Fsp3) is 0. The van der Waals surface area contributed by atoms with Crippen LogP contribution in [0.15, 0.2) is 249 Å². The molecule has 0 amide bonds. The molecule has 0 unspecified atom stereocenters. The third-order valence-electron chi connectivity index (χ3n) is 12.2. The van der Waals surface area contributed by atoms with E-state index in [2.05, 4.69) is 254 Å². The predicted octanol–water partition coefficient (Wildman–Crippen LogP) is 13.4. The number of nitrogens with zero attached hydrogens (tertiary/aromatic N) is 1. The topological polar surface area (TPSA) is 3.24 Å². The van der Waals surface area contributed by atoms with E-state index < -0.39 is 8.07 Å². The van der Waals surface area contributed by atoms with Gasteiger partial charge in [-0.15, -0.1) is 11.3 Å². The molecule has 11 aromatic rings. The van der Waals surface area contributed by atoms with Gasteiger partial charge in [-0.2, -0.15) is 0 Å². The molecule has 0 saturated heterocycles. The van der Waals surface area contributed by atoms with Crippen molar-refractivity contribution in [2.45, 2.75) is 0 Å². The van der Waals surface area contributed by atoms with Crippen molar-refractivity contribution in [3.63, 3.8) is 0 Å². The number of anilines is 3. The fourth-order valence-electron chi connectivity index (χ4n) is 9.35. The Bertz CT molecular complexity index is 3170. The summed E-state index contributed by atoms with van der Waals surface area (Å²) in [5.74, 6) is 0. The molecule has 0 spiro atoms. The molecule has 10 aromatic carbocycles. The lowest BCUT2D eigenvalue weighted by molar-refractivity contribution is 1.29. The predicted molar refractivity (Wildman–Crippen MR) is 266 cm³/mol. The van der Waals surface area contributed by atoms with Gasteiger partial charge in [0.1, 0.15) is 0 Å². The van der Waals surface area contributed by atoms with Crippen molar-refractivity contribution < 1.29 is 0 Å². The maximum Gasteiger partial charge on any atom is 0.179 e. The highest BCUT2D eigenvalue weighted by Crippen LogP contribution is 2.42. The number of benzene rings is 10. The highest BCUT2D eigenvalue weighted by atomic mass is 32.1. The zero-order valence-electron chi connectivity index (χ0n) is 33.5. The van der Waals surface area contributed by atoms with Crippen LogP contribution in [0.4, 0.5) is 17.1 Å². The van der Waals surface area contributed by atoms with Crippen LogP contribution in [0.5, 0.6) is 0 Å². The zero-order valence-corrected chi connectivity index (χ0v) is 35.3. The van der Waals surface area contributed by atoms with Gasteiger partial charge in [0.05, 0.1) is 0 Å². The van der Waals surface area contributed by atoms with Gasteiger partial charge < -0.3 is 4.90 Å². The average molecular weight is 812 g/mol. The molecule has 0 atom stereocenters. The lowest BCUT2D eigenvalue weighted by atomic mass is 9.98. The second-order valence-electron chi connectivity index (χ2n) is 15.7. The largest absolute Gasteiger partial charge is 0.310 e. The second kappa shape index (κ2) is 15.7. The summed E-state index contributed by atoms with van der Waals surface area (Å²) in [6.45, 7) is 0. The highest BCUT2D eigenvalue weighted by molar-refractivity contribution is 7.26. The van der Waals surface area contributed by atoms with Crippen molar-refractivity contribution in [3.8, 4) is 22.3 Å². The van der Waals surface area contributed by atoms with Gasteiger partial charge in [0, 0.05) is 37.2 Å². The maximum absolute atomic E-state index is 2.69. The Morgan fingerprint density at radius 2 is 0.754 bits per heavy atom. The van der Waals surface area contributed by atoms with E-state index in [-0.39, 0.29) is 0 Å². The first-order valence-electron chi connectivity index (χ1n) is 20.9. The van der Waals surface area contributed by atoms with Crippen molar-refractivity contribution in [1.82, 2.24) is 0 Å². The summed E-state index contributed by atoms with van der Waals surface area (Å²) in [4.78, 5) is 2.42. The Balaban J connectivity index is 1.07. The van der Waals surface area contributed by atoms with E-state index in [0.717, 1.165) is 17.1 Å². The first-order chi connectivity index (χ1) is 30.2. The summed E-state index contributed by atoms with van der Waals surface area (Å²) in [7, 11) is -2.69. The van der Waals surface area contributed by atoms with Gasteiger partial charge in [-0.1, -0.05) is 206 Å². The Hall–Kier alpha value is -7.30. The van der Waals surface area contributed by atoms with Crippen LogP contribution in [0, 0.1) is 0 Å². The monoisotopic (exact) mass is 811 g/mol. The zero-order chi connectivity index (χ0) is 40.6. The Morgan fingerprint density at radius 3 is 1.38 bits per heavy atom. The maximum atomic E-state index is 2.42. The normalized spacial score (nSPS) is 11.6. The van der Waals surface area contributed by atoms with Crippen LogP contribution in [0.2, 0.25) is 0 Å². The molecule has 61 heavy (non-hydrogen) atoms. The van der Waals surface area contributed by atoms with E-state index in [0.29, 0.717) is 0 Å². The van der Waals surface area contributed by atoms with Crippen molar-refractivity contribution in [2.75, 3.05) is 4.90 Å². The molecule has 11 rings (SSSR count). The van der Waals surface area contributed by atoms with E-state index in [4.69, 9.17) is 0 Å². The number of hydrogen-bond acceptors (Lipinski definition) is 2. The standard InChI is InChI=1S/C58H41NSSi/c1-5-16-42(17-6-1)45-30-38-55-56-39-35-48(41-58(56)60-57(55)40-45)59(46-31-28-44(29-32-46)54-27-15-19-43-18-13-14-26-53(43)54)47-33-36-52(37-34-47)61(49-20-7-2-8-21-49,50-22-9-3-10-23-50)51-24-11-4-12-25-51/h1-41H. The minimum Gasteiger partial charge on any atom is -0.310 e. The lowest BCUT2D eigenvalue weighted by Gasteiger charge is -2.35. The molecule has 0 radical (unpaired) electrons. The highest BCUT2D eigenvalue weighted by Gasteiger charge is 2.41. The molecular formula is C58H41NSSi. The molecule has 1 aromatic heterocycles. The van der Waals surface area contributed by atoms with Crippen molar-refractivity contribution in [1.29, 1.82) is 0 Å². The third-order valence-corrected chi connectivity index (χ3v) is 18.1. The van der Waals surface area contributed by atoms with Gasteiger partial charge in [-0.25, -0.2) is 0 Å². The molecule has 0 aliphatic rings. The fourth-order valence-corrected chi connectivity index (χ4v) is 15.3. The quantitative estimate of drug-likeness (QED) is 0.104. The molecule has 0 bridgehead atoms. The summed E-state index contributed by atoms with van der Waals surface area (Å²) in [6.07, 6.45) is 0. The smallest absolute Gasteiger partial charge is 0.179 e. The van der Waals surface area contributed by atoms with Gasteiger partial charge in [0.15, 0.2) is 8.07 Å². The van der Waals surface area contributed by atoms with E-state index in [1.165, 1.54) is 73.9 Å². The summed E-state index contributed by atoms with van der Waals surface area (Å²) in [5, 5.41) is 10.5. The van der Waals surface area contributed by atoms with Crippen LogP contribution >= 0.6 is 11.3 Å². The molecule has 288 valence electrons. The number of fused-ring (bicyclic) bond motifs is 4. The summed E-state index contributed by atoms with van der Waals surface area (Å²) in [5.41, 5.74) is 8.29. The Kier molecular flexibility index (Phi) is 9.46. The van der Waals surface area contributed by atoms with E-state index in [1.807, 2.05) is 11.3 Å². The minimum atomic E-state index is -2.69. The average Bonchev–Trinajstić information content (AvgIpc) is 3.71. The van der Waals surface area contributed by atoms with E-state index in [1.54, 1.807) is 0 Å². The van der Waals surface area contributed by atoms with Crippen molar-refractivity contribution in [2.24, 2.45) is 0 Å². The molecule has 0 aliphatic heterocycles. The number of thiophene rings is 1. The summed E-state index contributed by atoms with van der Waals surface area (Å²) in [6, 6.07) is 91.8. The van der Waals surface area contributed by atoms with Crippen LogP contribution in [-0.4, -0.2) is 8.07 Å². The van der Waals surface area contributed by atoms with Gasteiger partial charge in [0.2, 0.25) is 0 Å². The molecule has 0 fully saturated rings. The Morgan fingerprint density at radius 1 is 0.295 bits per heavy atom. The SMILES string of the molecule is c1ccc(-c2ccc3c(c2)sc2cc(N(c4ccc(-c5cccc6ccccc56)cc4)c4ccc([Si](c5ccccc5)(c5ccccc5)c5ccccc5)cc4)ccc23)cc1. The molecule has 1 heterocycles. The molecule has 0 aliphatic carbocycles. The van der Waals surface area contributed by atoms with E-state index >= 15 is 0 Å². The second-order valence-corrected chi connectivity index (χ2v) is 20.6. The van der Waals surface area contributed by atoms with Crippen LogP contribution in [0.3, 0.4) is 0 Å². The van der Waals surface area contributed by atoms with Gasteiger partial charge >= 0.3 is 0 Å². The molecular weight excluding hydrogens is 771 g/mol. The number of hydrogen-bond donors (Lipinski definition) is 0. The van der Waals surface area contributed by atoms with E-state index in [9.17, 15) is 0 Å². The molecule has 1 nitrogen and oxygen atoms in total. The molecule has 0 saturated carbocycles. The van der Waals surface area contributed by atoms with Gasteiger partial charge in [-0.3, -0.25) is 0 Å². The van der Waals surface area contributed by atoms with Crippen molar-refractivity contribution >= 4 is 88.2 Å². The summed E-state index contributed by atoms with van der Waals surface area (Å²) >= 11 is 1.87. The van der Waals surface area contributed by atoms with Crippen LogP contribution in [0.1, 0.15) is 0 Å². The van der Waals surface area contributed by atoms with Gasteiger partial charge in [0.25, 0.3) is 0 Å². The van der Waals surface area contributed by atoms with Crippen LogP contribution in [-0.2, 0) is 0 Å². The Labute approximate surface area is 362 Å². The van der Waals surface area contributed by atoms with Crippen molar-refractivity contribution in [3.05, 3.63) is 249 Å². The third kappa shape index (κ3) is 6.56. The first kappa shape index (κ1) is 36.8. The minimum absolute atomic E-state index is 1.11. The first-order valence-corrected chi connectivity index (χ1v) is 23.7. The number of rotatable bonds is 9. The molecule has 0 N–H and O–H groups in total. The van der Waals surface area contributed by atoms with Gasteiger partial charge in [-0.05, 0) is 96.2 Å². The van der Waals surface area contributed by atoms with Crippen LogP contribution < -0.4 is 25.6 Å². The molecule has 3 heteroatoms. The summed E-state index contributed by atoms with van der Waals surface area (Å²) < 4.78 is 2.57.